The topological polar surface area (TPSA) is 66.6 Å². The molecule has 1 aromatic rings. The number of hydrogen-bond acceptors (Lipinski definition) is 3. The van der Waals surface area contributed by atoms with Gasteiger partial charge in [0.05, 0.1) is 6.42 Å². The second-order valence-corrected chi connectivity index (χ2v) is 7.15. The van der Waals surface area contributed by atoms with Gasteiger partial charge in [-0.05, 0) is 30.9 Å². The molecule has 2 fully saturated rings. The van der Waals surface area contributed by atoms with Crippen LogP contribution in [0, 0.1) is 5.92 Å². The molecule has 1 saturated carbocycles. The molecule has 0 radical (unpaired) electrons. The van der Waals surface area contributed by atoms with Gasteiger partial charge in [0.25, 0.3) is 0 Å². The lowest BCUT2D eigenvalue weighted by Crippen LogP contribution is -2.52. The summed E-state index contributed by atoms with van der Waals surface area (Å²) in [7, 11) is 0. The lowest BCUT2D eigenvalue weighted by molar-refractivity contribution is -0.141. The minimum atomic E-state index is 0.0677. The Morgan fingerprint density at radius 2 is 1.75 bits per heavy atom. The maximum absolute atomic E-state index is 12.5. The van der Waals surface area contributed by atoms with Crippen molar-refractivity contribution in [3.05, 3.63) is 34.9 Å². The fraction of sp³-hybridized carbons (Fsp3) is 0.556. The first kappa shape index (κ1) is 17.2. The van der Waals surface area contributed by atoms with E-state index in [0.29, 0.717) is 37.6 Å². The van der Waals surface area contributed by atoms with Crippen molar-refractivity contribution in [2.75, 3.05) is 26.2 Å². The summed E-state index contributed by atoms with van der Waals surface area (Å²) in [6.07, 6.45) is 2.94. The number of carbonyl (C=O) groups is 2. The van der Waals surface area contributed by atoms with Gasteiger partial charge in [0.2, 0.25) is 11.8 Å². The van der Waals surface area contributed by atoms with Crippen LogP contribution in [0.1, 0.15) is 24.8 Å². The van der Waals surface area contributed by atoms with Gasteiger partial charge in [0.1, 0.15) is 0 Å². The van der Waals surface area contributed by atoms with Gasteiger partial charge in [-0.25, -0.2) is 0 Å². The van der Waals surface area contributed by atoms with Crippen molar-refractivity contribution in [3.63, 3.8) is 0 Å². The predicted molar refractivity (Wildman–Crippen MR) is 93.6 cm³/mol. The largest absolute Gasteiger partial charge is 0.339 e. The lowest BCUT2D eigenvalue weighted by Gasteiger charge is -2.36. The van der Waals surface area contributed by atoms with E-state index in [9.17, 15) is 9.59 Å². The molecule has 24 heavy (non-hydrogen) atoms. The van der Waals surface area contributed by atoms with E-state index in [1.54, 1.807) is 6.07 Å². The van der Waals surface area contributed by atoms with E-state index in [-0.39, 0.29) is 23.8 Å². The second-order valence-electron chi connectivity index (χ2n) is 6.74. The van der Waals surface area contributed by atoms with E-state index in [2.05, 4.69) is 0 Å². The second kappa shape index (κ2) is 7.53. The van der Waals surface area contributed by atoms with E-state index in [4.69, 9.17) is 17.3 Å². The Kier molecular flexibility index (Phi) is 5.41. The van der Waals surface area contributed by atoms with Gasteiger partial charge in [0, 0.05) is 43.2 Å². The van der Waals surface area contributed by atoms with E-state index in [1.807, 2.05) is 28.0 Å². The Morgan fingerprint density at radius 1 is 1.08 bits per heavy atom. The third-order valence-electron chi connectivity index (χ3n) is 5.07. The molecule has 2 amide bonds. The number of carbonyl (C=O) groups excluding carboxylic acids is 2. The van der Waals surface area contributed by atoms with Gasteiger partial charge in [-0.3, -0.25) is 9.59 Å². The smallest absolute Gasteiger partial charge is 0.227 e. The molecule has 0 spiro atoms. The highest BCUT2D eigenvalue weighted by Gasteiger charge is 2.33. The Hall–Kier alpha value is -1.59. The zero-order chi connectivity index (χ0) is 17.1. The summed E-state index contributed by atoms with van der Waals surface area (Å²) in [6.45, 7) is 2.40. The van der Waals surface area contributed by atoms with Crippen LogP contribution >= 0.6 is 11.6 Å². The number of benzene rings is 1. The van der Waals surface area contributed by atoms with Crippen molar-refractivity contribution in [3.8, 4) is 0 Å². The molecule has 2 atom stereocenters. The van der Waals surface area contributed by atoms with Crippen molar-refractivity contribution < 1.29 is 9.59 Å². The third-order valence-corrected chi connectivity index (χ3v) is 5.43. The van der Waals surface area contributed by atoms with Crippen LogP contribution in [0.4, 0.5) is 0 Å². The molecular weight excluding hydrogens is 326 g/mol. The average Bonchev–Trinajstić information content (AvgIpc) is 3.03. The third kappa shape index (κ3) is 3.90. The molecule has 130 valence electrons. The summed E-state index contributed by atoms with van der Waals surface area (Å²) < 4.78 is 0. The fourth-order valence-electron chi connectivity index (χ4n) is 3.59. The van der Waals surface area contributed by atoms with Gasteiger partial charge in [-0.2, -0.15) is 0 Å². The molecule has 1 aliphatic carbocycles. The van der Waals surface area contributed by atoms with Crippen LogP contribution in [-0.2, 0) is 16.0 Å². The maximum atomic E-state index is 12.5. The SMILES string of the molecule is NC1CCC(C(=O)N2CCN(C(=O)Cc3ccccc3Cl)CC2)C1. The fourth-order valence-corrected chi connectivity index (χ4v) is 3.79. The standard InChI is InChI=1S/C18H24ClN3O2/c19-16-4-2-1-3-13(16)12-17(23)21-7-9-22(10-8-21)18(24)14-5-6-15(20)11-14/h1-4,14-15H,5-12,20H2. The monoisotopic (exact) mass is 349 g/mol. The van der Waals surface area contributed by atoms with Crippen LogP contribution in [0.2, 0.25) is 5.02 Å². The van der Waals surface area contributed by atoms with Crippen LogP contribution in [0.5, 0.6) is 0 Å². The maximum Gasteiger partial charge on any atom is 0.227 e. The Balaban J connectivity index is 1.50. The highest BCUT2D eigenvalue weighted by Crippen LogP contribution is 2.26. The number of hydrogen-bond donors (Lipinski definition) is 1. The van der Waals surface area contributed by atoms with E-state index in [1.165, 1.54) is 0 Å². The molecule has 3 rings (SSSR count). The van der Waals surface area contributed by atoms with Crippen molar-refractivity contribution >= 4 is 23.4 Å². The lowest BCUT2D eigenvalue weighted by atomic mass is 10.1. The molecular formula is C18H24ClN3O2. The first-order chi connectivity index (χ1) is 11.5. The number of nitrogens with zero attached hydrogens (tertiary/aromatic N) is 2. The van der Waals surface area contributed by atoms with Crippen LogP contribution in [0.15, 0.2) is 24.3 Å². The summed E-state index contributed by atoms with van der Waals surface area (Å²) >= 11 is 6.12. The first-order valence-corrected chi connectivity index (χ1v) is 8.98. The number of amides is 2. The summed E-state index contributed by atoms with van der Waals surface area (Å²) in [5.41, 5.74) is 6.75. The molecule has 2 N–H and O–H groups in total. The average molecular weight is 350 g/mol. The molecule has 6 heteroatoms. The summed E-state index contributed by atoms with van der Waals surface area (Å²) in [5.74, 6) is 0.351. The summed E-state index contributed by atoms with van der Waals surface area (Å²) in [6, 6.07) is 7.58. The first-order valence-electron chi connectivity index (χ1n) is 8.60. The van der Waals surface area contributed by atoms with Gasteiger partial charge in [-0.1, -0.05) is 29.8 Å². The normalized spacial score (nSPS) is 24.2. The zero-order valence-electron chi connectivity index (χ0n) is 13.8. The van der Waals surface area contributed by atoms with Gasteiger partial charge in [-0.15, -0.1) is 0 Å². The molecule has 0 aromatic heterocycles. The summed E-state index contributed by atoms with van der Waals surface area (Å²) in [5, 5.41) is 0.622. The Morgan fingerprint density at radius 3 is 2.38 bits per heavy atom. The van der Waals surface area contributed by atoms with Crippen molar-refractivity contribution in [1.29, 1.82) is 0 Å². The zero-order valence-corrected chi connectivity index (χ0v) is 14.5. The predicted octanol–water partition coefficient (Wildman–Crippen LogP) is 1.68. The summed E-state index contributed by atoms with van der Waals surface area (Å²) in [4.78, 5) is 28.7. The highest BCUT2D eigenvalue weighted by atomic mass is 35.5. The Labute approximate surface area is 147 Å². The van der Waals surface area contributed by atoms with Crippen LogP contribution in [0.3, 0.4) is 0 Å². The molecule has 1 heterocycles. The number of nitrogens with two attached hydrogens (primary N) is 1. The van der Waals surface area contributed by atoms with Gasteiger partial charge >= 0.3 is 0 Å². The Bertz CT molecular complexity index is 614. The van der Waals surface area contributed by atoms with Crippen molar-refractivity contribution in [2.24, 2.45) is 11.7 Å². The minimum absolute atomic E-state index is 0.0677. The molecule has 0 bridgehead atoms. The molecule has 1 saturated heterocycles. The van der Waals surface area contributed by atoms with Crippen LogP contribution < -0.4 is 5.73 Å². The quantitative estimate of drug-likeness (QED) is 0.902. The highest BCUT2D eigenvalue weighted by molar-refractivity contribution is 6.31. The van der Waals surface area contributed by atoms with E-state index in [0.717, 1.165) is 24.8 Å². The molecule has 2 aliphatic rings. The van der Waals surface area contributed by atoms with Gasteiger partial charge < -0.3 is 15.5 Å². The molecule has 2 unspecified atom stereocenters. The molecule has 1 aliphatic heterocycles. The van der Waals surface area contributed by atoms with E-state index >= 15 is 0 Å². The minimum Gasteiger partial charge on any atom is -0.339 e. The molecule has 5 nitrogen and oxygen atoms in total. The van der Waals surface area contributed by atoms with Crippen molar-refractivity contribution in [1.82, 2.24) is 9.80 Å². The molecule has 1 aromatic carbocycles. The van der Waals surface area contributed by atoms with Crippen molar-refractivity contribution in [2.45, 2.75) is 31.7 Å². The van der Waals surface area contributed by atoms with Crippen LogP contribution in [-0.4, -0.2) is 53.8 Å². The van der Waals surface area contributed by atoms with E-state index < -0.39 is 0 Å². The van der Waals surface area contributed by atoms with Gasteiger partial charge in [0.15, 0.2) is 0 Å². The van der Waals surface area contributed by atoms with Crippen LogP contribution in [0.25, 0.3) is 0 Å². The number of rotatable bonds is 3. The number of piperazine rings is 1. The number of halogens is 1.